The van der Waals surface area contributed by atoms with Gasteiger partial charge in [0.25, 0.3) is 10.0 Å². The molecule has 1 fully saturated rings. The number of aromatic hydroxyl groups is 1. The molecule has 13 heteroatoms. The van der Waals surface area contributed by atoms with Gasteiger partial charge in [0.15, 0.2) is 16.0 Å². The van der Waals surface area contributed by atoms with Crippen molar-refractivity contribution in [2.24, 2.45) is 10.7 Å². The lowest BCUT2D eigenvalue weighted by molar-refractivity contribution is -0.513. The maximum atomic E-state index is 12.8. The molecular formula is C20H30N5O5S3+. The standard InChI is InChI=1S/C20H29N5O5S3/c1-5-14(16-8-12(9-30-16)11(2)3)23-19(24-32-27)18(21)22-15-10-31-20(17(15)26)33(28,29)25(4)13-6-7-13/h8-11,13-14,26-27H,5-7H2,1-4H3,(H2,21,22)(H,23,24)/p+1/t14-/m1/s1. The van der Waals surface area contributed by atoms with Crippen LogP contribution >= 0.6 is 23.6 Å². The average molecular weight is 517 g/mol. The minimum Gasteiger partial charge on any atom is -0.504 e. The van der Waals surface area contributed by atoms with Crippen LogP contribution in [0.1, 0.15) is 63.3 Å². The topological polar surface area (TPSA) is 155 Å². The number of rotatable bonds is 9. The molecule has 0 bridgehead atoms. The van der Waals surface area contributed by atoms with Gasteiger partial charge in [-0.05, 0) is 36.8 Å². The Bertz CT molecular complexity index is 1130. The van der Waals surface area contributed by atoms with Crippen molar-refractivity contribution in [1.82, 2.24) is 9.03 Å². The van der Waals surface area contributed by atoms with Gasteiger partial charge < -0.3 is 15.3 Å². The van der Waals surface area contributed by atoms with Gasteiger partial charge in [-0.15, -0.1) is 11.3 Å². The molecule has 182 valence electrons. The summed E-state index contributed by atoms with van der Waals surface area (Å²) in [6, 6.07) is 1.66. The summed E-state index contributed by atoms with van der Waals surface area (Å²) in [6.07, 6.45) is 3.97. The molecule has 2 aromatic rings. The first-order chi connectivity index (χ1) is 15.6. The van der Waals surface area contributed by atoms with Crippen LogP contribution in [0.3, 0.4) is 0 Å². The van der Waals surface area contributed by atoms with E-state index in [0.29, 0.717) is 30.3 Å². The Morgan fingerprint density at radius 3 is 2.73 bits per heavy atom. The minimum absolute atomic E-state index is 0.0254. The lowest BCUT2D eigenvalue weighted by Crippen LogP contribution is -2.79. The number of thiophene rings is 1. The van der Waals surface area contributed by atoms with Gasteiger partial charge in [0, 0.05) is 18.5 Å². The Morgan fingerprint density at radius 1 is 1.48 bits per heavy atom. The highest BCUT2D eigenvalue weighted by molar-refractivity contribution is 7.92. The molecule has 2 heterocycles. The number of sulfonamides is 1. The molecule has 0 saturated heterocycles. The third-order valence-electron chi connectivity index (χ3n) is 5.41. The van der Waals surface area contributed by atoms with E-state index in [0.717, 1.165) is 29.7 Å². The Morgan fingerprint density at radius 2 is 2.18 bits per heavy atom. The molecule has 33 heavy (non-hydrogen) atoms. The average Bonchev–Trinajstić information content (AvgIpc) is 3.38. The highest BCUT2D eigenvalue weighted by Crippen LogP contribution is 2.42. The van der Waals surface area contributed by atoms with Crippen LogP contribution in [0.25, 0.3) is 0 Å². The molecule has 1 aliphatic carbocycles. The van der Waals surface area contributed by atoms with Crippen molar-refractivity contribution in [3.8, 4) is 5.75 Å². The first-order valence-corrected chi connectivity index (χ1v) is 13.6. The number of amidine groups is 2. The van der Waals surface area contributed by atoms with Crippen molar-refractivity contribution in [3.05, 3.63) is 29.0 Å². The van der Waals surface area contributed by atoms with Crippen molar-refractivity contribution in [2.75, 3.05) is 7.05 Å². The third-order valence-corrected chi connectivity index (χ3v) is 9.09. The van der Waals surface area contributed by atoms with Gasteiger partial charge in [-0.2, -0.15) is 9.03 Å². The molecule has 0 aromatic carbocycles. The second kappa shape index (κ2) is 10.5. The lowest BCUT2D eigenvalue weighted by Gasteiger charge is -2.14. The molecule has 1 atom stereocenters. The van der Waals surface area contributed by atoms with Gasteiger partial charge in [-0.3, -0.25) is 9.55 Å². The number of hydrogen-bond donors (Lipinski definition) is 5. The fourth-order valence-electron chi connectivity index (χ4n) is 3.14. The predicted molar refractivity (Wildman–Crippen MR) is 130 cm³/mol. The second-order valence-corrected chi connectivity index (χ2v) is 11.6. The van der Waals surface area contributed by atoms with Crippen molar-refractivity contribution in [1.29, 1.82) is 0 Å². The van der Waals surface area contributed by atoms with Gasteiger partial charge in [0.2, 0.25) is 18.1 Å². The summed E-state index contributed by atoms with van der Waals surface area (Å²) < 4.78 is 44.4. The molecule has 0 radical (unpaired) electrons. The molecule has 1 aliphatic rings. The lowest BCUT2D eigenvalue weighted by atomic mass is 10.1. The number of nitrogens with two attached hydrogens (primary N) is 1. The fraction of sp³-hybridized carbons (Fsp3) is 0.500. The van der Waals surface area contributed by atoms with Crippen LogP contribution in [-0.4, -0.2) is 47.1 Å². The Balaban J connectivity index is 1.90. The van der Waals surface area contributed by atoms with Crippen LogP contribution in [0.15, 0.2) is 31.3 Å². The number of hydrogen-bond acceptors (Lipinski definition) is 8. The maximum Gasteiger partial charge on any atom is 0.324 e. The van der Waals surface area contributed by atoms with E-state index in [9.17, 15) is 18.1 Å². The molecule has 3 rings (SSSR count). The van der Waals surface area contributed by atoms with E-state index in [4.69, 9.17) is 10.2 Å². The molecule has 2 aromatic heterocycles. The van der Waals surface area contributed by atoms with E-state index in [1.54, 1.807) is 6.26 Å². The molecule has 0 spiro atoms. The monoisotopic (exact) mass is 516 g/mol. The molecular weight excluding hydrogens is 486 g/mol. The minimum atomic E-state index is -3.82. The van der Waals surface area contributed by atoms with Crippen molar-refractivity contribution in [2.45, 2.75) is 62.2 Å². The van der Waals surface area contributed by atoms with Crippen molar-refractivity contribution in [3.63, 3.8) is 0 Å². The van der Waals surface area contributed by atoms with Crippen LogP contribution < -0.4 is 15.4 Å². The highest BCUT2D eigenvalue weighted by atomic mass is 32.2. The SMILES string of the molecule is CC[C@@H]([NH+]=C(NSO)C(N)=Nc1csc(S(=O)(=O)N(C)C2CC2)c1O)c1cc(C(C)C)co1. The van der Waals surface area contributed by atoms with E-state index in [2.05, 4.69) is 28.6 Å². The van der Waals surface area contributed by atoms with E-state index in [-0.39, 0.29) is 33.7 Å². The molecule has 6 N–H and O–H groups in total. The van der Waals surface area contributed by atoms with Crippen LogP contribution in [0.5, 0.6) is 5.75 Å². The smallest absolute Gasteiger partial charge is 0.324 e. The van der Waals surface area contributed by atoms with Gasteiger partial charge in [-0.1, -0.05) is 20.8 Å². The van der Waals surface area contributed by atoms with E-state index in [1.807, 2.05) is 13.0 Å². The maximum absolute atomic E-state index is 12.8. The van der Waals surface area contributed by atoms with Gasteiger partial charge in [0.1, 0.15) is 11.4 Å². The molecule has 0 unspecified atom stereocenters. The van der Waals surface area contributed by atoms with Gasteiger partial charge in [-0.25, -0.2) is 13.4 Å². The predicted octanol–water partition coefficient (Wildman–Crippen LogP) is 2.28. The Hall–Kier alpha value is -2.06. The summed E-state index contributed by atoms with van der Waals surface area (Å²) in [4.78, 5) is 7.36. The Labute approximate surface area is 202 Å². The quantitative estimate of drug-likeness (QED) is 0.147. The number of nitrogens with zero attached hydrogens (tertiary/aromatic N) is 2. The summed E-state index contributed by atoms with van der Waals surface area (Å²) >= 11 is 1.21. The van der Waals surface area contributed by atoms with E-state index in [1.165, 1.54) is 16.7 Å². The summed E-state index contributed by atoms with van der Waals surface area (Å²) in [5.41, 5.74) is 7.23. The van der Waals surface area contributed by atoms with Crippen molar-refractivity contribution >= 4 is 50.9 Å². The number of furan rings is 1. The molecule has 0 aliphatic heterocycles. The van der Waals surface area contributed by atoms with Gasteiger partial charge in [0.05, 0.1) is 6.26 Å². The summed E-state index contributed by atoms with van der Waals surface area (Å²) in [7, 11) is -2.31. The largest absolute Gasteiger partial charge is 0.504 e. The van der Waals surface area contributed by atoms with Crippen LogP contribution in [0, 0.1) is 0 Å². The first-order valence-electron chi connectivity index (χ1n) is 10.5. The van der Waals surface area contributed by atoms with Crippen LogP contribution in [0.2, 0.25) is 0 Å². The Kier molecular flexibility index (Phi) is 8.11. The zero-order valence-electron chi connectivity index (χ0n) is 18.9. The summed E-state index contributed by atoms with van der Waals surface area (Å²) in [5, 5.41) is 12.0. The molecule has 1 saturated carbocycles. The third kappa shape index (κ3) is 5.72. The number of aliphatic imine (C=N–C) groups is 1. The zero-order chi connectivity index (χ0) is 24.3. The highest BCUT2D eigenvalue weighted by Gasteiger charge is 2.37. The number of nitrogens with one attached hydrogen (secondary N) is 2. The molecule has 0 amide bonds. The van der Waals surface area contributed by atoms with Crippen LogP contribution in [0.4, 0.5) is 5.69 Å². The van der Waals surface area contributed by atoms with Crippen molar-refractivity contribution < 1.29 is 27.5 Å². The summed E-state index contributed by atoms with van der Waals surface area (Å²) in [5.74, 6) is 0.685. The first kappa shape index (κ1) is 25.6. The second-order valence-electron chi connectivity index (χ2n) is 8.12. The molecule has 10 nitrogen and oxygen atoms in total. The summed E-state index contributed by atoms with van der Waals surface area (Å²) in [6.45, 7) is 6.10. The van der Waals surface area contributed by atoms with E-state index >= 15 is 0 Å². The van der Waals surface area contributed by atoms with E-state index < -0.39 is 15.8 Å². The van der Waals surface area contributed by atoms with Gasteiger partial charge >= 0.3 is 5.84 Å². The zero-order valence-corrected chi connectivity index (χ0v) is 21.4. The normalized spacial score (nSPS) is 16.6. The fourth-order valence-corrected chi connectivity index (χ4v) is 6.19. The van der Waals surface area contributed by atoms with Crippen LogP contribution in [-0.2, 0) is 10.0 Å².